The molecule has 1 heteroatoms. The van der Waals surface area contributed by atoms with Gasteiger partial charge in [-0.3, -0.25) is 0 Å². The van der Waals surface area contributed by atoms with E-state index in [9.17, 15) is 0 Å². The molecule has 0 N–H and O–H groups in total. The number of allylic oxidation sites excluding steroid dienone is 2. The first-order valence-electron chi connectivity index (χ1n) is 4.30. The highest BCUT2D eigenvalue weighted by Crippen LogP contribution is 2.53. The molecule has 0 saturated heterocycles. The van der Waals surface area contributed by atoms with Gasteiger partial charge in [0.25, 0.3) is 0 Å². The minimum Gasteiger partial charge on any atom is -0.198 e. The first-order chi connectivity index (χ1) is 5.24. The van der Waals surface area contributed by atoms with Crippen LogP contribution >= 0.6 is 0 Å². The van der Waals surface area contributed by atoms with Crippen molar-refractivity contribution in [2.45, 2.75) is 26.2 Å². The van der Waals surface area contributed by atoms with Crippen LogP contribution in [0.3, 0.4) is 0 Å². The predicted molar refractivity (Wildman–Crippen MR) is 43.7 cm³/mol. The van der Waals surface area contributed by atoms with Crippen molar-refractivity contribution in [2.24, 2.45) is 17.3 Å². The van der Waals surface area contributed by atoms with Crippen LogP contribution in [0.15, 0.2) is 12.2 Å². The standard InChI is InChI=1S/C10H13N/c1-10(4-5-11)7-8-2-3-9(10)6-8/h2-3,8-9H,4,6-7H2,1H3. The number of nitriles is 1. The highest BCUT2D eigenvalue weighted by Gasteiger charge is 2.44. The zero-order valence-corrected chi connectivity index (χ0v) is 6.88. The molecule has 2 aliphatic carbocycles. The smallest absolute Gasteiger partial charge is 0.0627 e. The lowest BCUT2D eigenvalue weighted by atomic mass is 9.75. The predicted octanol–water partition coefficient (Wildman–Crippen LogP) is 2.50. The van der Waals surface area contributed by atoms with Crippen molar-refractivity contribution in [3.63, 3.8) is 0 Å². The summed E-state index contributed by atoms with van der Waals surface area (Å²) in [5.74, 6) is 1.49. The molecule has 11 heavy (non-hydrogen) atoms. The number of hydrogen-bond acceptors (Lipinski definition) is 1. The molecule has 0 amide bonds. The van der Waals surface area contributed by atoms with Crippen LogP contribution in [0.2, 0.25) is 0 Å². The molecular formula is C10H13N. The third-order valence-corrected chi connectivity index (χ3v) is 3.28. The molecule has 3 atom stereocenters. The largest absolute Gasteiger partial charge is 0.198 e. The van der Waals surface area contributed by atoms with Crippen LogP contribution in [-0.2, 0) is 0 Å². The molecule has 0 aromatic carbocycles. The van der Waals surface area contributed by atoms with Gasteiger partial charge in [-0.15, -0.1) is 0 Å². The zero-order valence-electron chi connectivity index (χ0n) is 6.88. The van der Waals surface area contributed by atoms with Crippen molar-refractivity contribution >= 4 is 0 Å². The molecule has 0 aromatic heterocycles. The molecule has 1 nitrogen and oxygen atoms in total. The molecule has 2 rings (SSSR count). The molecular weight excluding hydrogens is 134 g/mol. The van der Waals surface area contributed by atoms with Crippen molar-refractivity contribution in [3.05, 3.63) is 12.2 Å². The first-order valence-corrected chi connectivity index (χ1v) is 4.30. The van der Waals surface area contributed by atoms with E-state index in [-0.39, 0.29) is 0 Å². The van der Waals surface area contributed by atoms with E-state index >= 15 is 0 Å². The Balaban J connectivity index is 2.18. The number of fused-ring (bicyclic) bond motifs is 2. The van der Waals surface area contributed by atoms with Crippen molar-refractivity contribution in [2.75, 3.05) is 0 Å². The van der Waals surface area contributed by atoms with Crippen molar-refractivity contribution in [1.29, 1.82) is 5.26 Å². The van der Waals surface area contributed by atoms with Gasteiger partial charge < -0.3 is 0 Å². The van der Waals surface area contributed by atoms with Crippen LogP contribution in [0, 0.1) is 28.6 Å². The van der Waals surface area contributed by atoms with E-state index in [0.29, 0.717) is 11.3 Å². The van der Waals surface area contributed by atoms with Crippen LogP contribution in [0.1, 0.15) is 26.2 Å². The van der Waals surface area contributed by atoms with Crippen molar-refractivity contribution < 1.29 is 0 Å². The van der Waals surface area contributed by atoms with E-state index < -0.39 is 0 Å². The number of hydrogen-bond donors (Lipinski definition) is 0. The number of rotatable bonds is 1. The third-order valence-electron chi connectivity index (χ3n) is 3.28. The van der Waals surface area contributed by atoms with Crippen LogP contribution < -0.4 is 0 Å². The Labute approximate surface area is 67.7 Å². The Morgan fingerprint density at radius 1 is 1.64 bits per heavy atom. The first kappa shape index (κ1) is 6.91. The summed E-state index contributed by atoms with van der Waals surface area (Å²) in [7, 11) is 0. The minimum atomic E-state index is 0.314. The maximum atomic E-state index is 8.65. The molecule has 0 radical (unpaired) electrons. The molecule has 0 aliphatic heterocycles. The summed E-state index contributed by atoms with van der Waals surface area (Å²) in [6.07, 6.45) is 7.91. The van der Waals surface area contributed by atoms with E-state index in [2.05, 4.69) is 25.1 Å². The molecule has 1 saturated carbocycles. The van der Waals surface area contributed by atoms with Crippen LogP contribution in [0.4, 0.5) is 0 Å². The SMILES string of the molecule is CC1(CC#N)CC2C=CC1C2. The summed E-state index contributed by atoms with van der Waals surface area (Å²) in [5.41, 5.74) is 0.314. The van der Waals surface area contributed by atoms with Gasteiger partial charge in [0.05, 0.1) is 6.07 Å². The van der Waals surface area contributed by atoms with E-state index in [1.807, 2.05) is 0 Å². The van der Waals surface area contributed by atoms with E-state index in [4.69, 9.17) is 5.26 Å². The minimum absolute atomic E-state index is 0.314. The third kappa shape index (κ3) is 0.894. The maximum Gasteiger partial charge on any atom is 0.0627 e. The average molecular weight is 147 g/mol. The van der Waals surface area contributed by atoms with Crippen molar-refractivity contribution in [1.82, 2.24) is 0 Å². The Hall–Kier alpha value is -0.770. The van der Waals surface area contributed by atoms with Crippen LogP contribution in [-0.4, -0.2) is 0 Å². The Bertz CT molecular complexity index is 236. The normalized spacial score (nSPS) is 46.2. The van der Waals surface area contributed by atoms with Gasteiger partial charge in [0, 0.05) is 6.42 Å². The second-order valence-electron chi connectivity index (χ2n) is 4.18. The number of nitrogens with zero attached hydrogens (tertiary/aromatic N) is 1. The fourth-order valence-corrected chi connectivity index (χ4v) is 2.58. The summed E-state index contributed by atoms with van der Waals surface area (Å²) in [4.78, 5) is 0. The lowest BCUT2D eigenvalue weighted by molar-refractivity contribution is 0.269. The monoisotopic (exact) mass is 147 g/mol. The fourth-order valence-electron chi connectivity index (χ4n) is 2.58. The lowest BCUT2D eigenvalue weighted by Crippen LogP contribution is -2.20. The molecule has 0 aromatic rings. The van der Waals surface area contributed by atoms with Gasteiger partial charge in [-0.05, 0) is 30.1 Å². The quantitative estimate of drug-likeness (QED) is 0.523. The van der Waals surface area contributed by atoms with Crippen molar-refractivity contribution in [3.8, 4) is 6.07 Å². The highest BCUT2D eigenvalue weighted by atomic mass is 14.5. The summed E-state index contributed by atoms with van der Waals surface area (Å²) in [6.45, 7) is 2.25. The molecule has 0 spiro atoms. The maximum absolute atomic E-state index is 8.65. The van der Waals surface area contributed by atoms with Gasteiger partial charge in [-0.25, -0.2) is 0 Å². The van der Waals surface area contributed by atoms with Gasteiger partial charge in [0.2, 0.25) is 0 Å². The Morgan fingerprint density at radius 3 is 2.91 bits per heavy atom. The summed E-state index contributed by atoms with van der Waals surface area (Å²) in [5, 5.41) is 8.65. The van der Waals surface area contributed by atoms with Gasteiger partial charge >= 0.3 is 0 Å². The second-order valence-corrected chi connectivity index (χ2v) is 4.18. The lowest BCUT2D eigenvalue weighted by Gasteiger charge is -2.28. The topological polar surface area (TPSA) is 23.8 Å². The van der Waals surface area contributed by atoms with E-state index in [0.717, 1.165) is 12.3 Å². The summed E-state index contributed by atoms with van der Waals surface area (Å²) < 4.78 is 0. The highest BCUT2D eigenvalue weighted by molar-refractivity contribution is 5.15. The molecule has 0 heterocycles. The zero-order chi connectivity index (χ0) is 7.90. The fraction of sp³-hybridized carbons (Fsp3) is 0.700. The molecule has 3 unspecified atom stereocenters. The Morgan fingerprint density at radius 2 is 2.45 bits per heavy atom. The molecule has 58 valence electrons. The van der Waals surface area contributed by atoms with Crippen LogP contribution in [0.5, 0.6) is 0 Å². The van der Waals surface area contributed by atoms with Gasteiger partial charge in [0.15, 0.2) is 0 Å². The second kappa shape index (κ2) is 2.11. The molecule has 2 aliphatic rings. The Kier molecular flexibility index (Phi) is 1.32. The van der Waals surface area contributed by atoms with Gasteiger partial charge in [-0.1, -0.05) is 19.1 Å². The average Bonchev–Trinajstić information content (AvgIpc) is 2.45. The van der Waals surface area contributed by atoms with E-state index in [1.165, 1.54) is 12.8 Å². The molecule has 2 bridgehead atoms. The van der Waals surface area contributed by atoms with Gasteiger partial charge in [0.1, 0.15) is 0 Å². The van der Waals surface area contributed by atoms with Crippen LogP contribution in [0.25, 0.3) is 0 Å². The van der Waals surface area contributed by atoms with E-state index in [1.54, 1.807) is 0 Å². The summed E-state index contributed by atoms with van der Waals surface area (Å²) >= 11 is 0. The summed E-state index contributed by atoms with van der Waals surface area (Å²) in [6, 6.07) is 2.30. The molecule has 1 fully saturated rings. The van der Waals surface area contributed by atoms with Gasteiger partial charge in [-0.2, -0.15) is 5.26 Å².